The van der Waals surface area contributed by atoms with Gasteiger partial charge >= 0.3 is 0 Å². The molecule has 3 heterocycles. The molecular weight excluding hydrogens is 350 g/mol. The molecule has 0 N–H and O–H groups in total. The van der Waals surface area contributed by atoms with Gasteiger partial charge in [0.2, 0.25) is 0 Å². The molecule has 3 aromatic heterocycles. The Morgan fingerprint density at radius 1 is 1.04 bits per heavy atom. The summed E-state index contributed by atoms with van der Waals surface area (Å²) in [5, 5.41) is 8.56. The van der Waals surface area contributed by atoms with Crippen LogP contribution in [0.5, 0.6) is 0 Å². The van der Waals surface area contributed by atoms with Crippen LogP contribution in [0.3, 0.4) is 0 Å². The molecule has 4 rings (SSSR count). The zero-order chi connectivity index (χ0) is 18.3. The van der Waals surface area contributed by atoms with Gasteiger partial charge in [0.05, 0.1) is 11.1 Å². The number of pyridine rings is 1. The van der Waals surface area contributed by atoms with Gasteiger partial charge in [0, 0.05) is 36.3 Å². The fourth-order valence-electron chi connectivity index (χ4n) is 2.96. The minimum absolute atomic E-state index is 0.287. The van der Waals surface area contributed by atoms with Crippen LogP contribution in [0.4, 0.5) is 0 Å². The SMILES string of the molecule is CCn1cc(-c2ccn3ncnc3c2-c2ccc(S(C)(=O)=O)cc2)cn1. The molecule has 26 heavy (non-hydrogen) atoms. The van der Waals surface area contributed by atoms with Crippen molar-refractivity contribution in [1.29, 1.82) is 0 Å². The van der Waals surface area contributed by atoms with E-state index in [0.29, 0.717) is 5.65 Å². The van der Waals surface area contributed by atoms with E-state index in [1.165, 1.54) is 12.6 Å². The van der Waals surface area contributed by atoms with Crippen LogP contribution < -0.4 is 0 Å². The standard InChI is InChI=1S/C18H17N5O2S/c1-3-22-11-14(10-20-22)16-8-9-23-18(19-12-21-23)17(16)13-4-6-15(7-5-13)26(2,24)25/h4-12H,3H2,1-2H3. The van der Waals surface area contributed by atoms with Crippen molar-refractivity contribution in [3.8, 4) is 22.3 Å². The Bertz CT molecular complexity index is 1190. The zero-order valence-corrected chi connectivity index (χ0v) is 15.2. The van der Waals surface area contributed by atoms with Crippen molar-refractivity contribution in [2.75, 3.05) is 6.26 Å². The highest BCUT2D eigenvalue weighted by Gasteiger charge is 2.16. The largest absolute Gasteiger partial charge is 0.272 e. The minimum atomic E-state index is -3.24. The molecule has 4 aromatic rings. The number of nitrogens with zero attached hydrogens (tertiary/aromatic N) is 5. The molecule has 0 aliphatic heterocycles. The molecule has 1 aromatic carbocycles. The molecule has 0 spiro atoms. The number of hydrogen-bond acceptors (Lipinski definition) is 5. The maximum Gasteiger partial charge on any atom is 0.175 e. The quantitative estimate of drug-likeness (QED) is 0.554. The second kappa shape index (κ2) is 6.06. The van der Waals surface area contributed by atoms with Gasteiger partial charge in [-0.1, -0.05) is 12.1 Å². The van der Waals surface area contributed by atoms with Crippen molar-refractivity contribution < 1.29 is 8.42 Å². The molecule has 0 saturated heterocycles. The number of hydrogen-bond donors (Lipinski definition) is 0. The molecule has 0 amide bonds. The molecule has 0 unspecified atom stereocenters. The normalized spacial score (nSPS) is 11.9. The monoisotopic (exact) mass is 367 g/mol. The molecule has 0 atom stereocenters. The van der Waals surface area contributed by atoms with E-state index in [9.17, 15) is 8.42 Å². The molecule has 0 saturated carbocycles. The van der Waals surface area contributed by atoms with Crippen LogP contribution in [0.25, 0.3) is 27.9 Å². The number of fused-ring (bicyclic) bond motifs is 1. The first-order chi connectivity index (χ1) is 12.5. The Morgan fingerprint density at radius 2 is 1.81 bits per heavy atom. The number of aromatic nitrogens is 5. The average Bonchev–Trinajstić information content (AvgIpc) is 3.29. The number of rotatable bonds is 4. The lowest BCUT2D eigenvalue weighted by Gasteiger charge is -2.10. The van der Waals surface area contributed by atoms with E-state index < -0.39 is 9.84 Å². The molecule has 8 heteroatoms. The highest BCUT2D eigenvalue weighted by Crippen LogP contribution is 2.35. The van der Waals surface area contributed by atoms with Gasteiger partial charge in [-0.3, -0.25) is 4.68 Å². The predicted molar refractivity (Wildman–Crippen MR) is 98.4 cm³/mol. The van der Waals surface area contributed by atoms with Gasteiger partial charge in [-0.2, -0.15) is 10.2 Å². The van der Waals surface area contributed by atoms with Crippen molar-refractivity contribution in [2.45, 2.75) is 18.4 Å². The Balaban J connectivity index is 1.95. The Hall–Kier alpha value is -3.00. The lowest BCUT2D eigenvalue weighted by atomic mass is 9.98. The molecule has 0 fully saturated rings. The predicted octanol–water partition coefficient (Wildman–Crippen LogP) is 2.68. The van der Waals surface area contributed by atoms with Crippen LogP contribution in [0.1, 0.15) is 6.92 Å². The summed E-state index contributed by atoms with van der Waals surface area (Å²) in [6, 6.07) is 8.80. The van der Waals surface area contributed by atoms with Crippen LogP contribution in [-0.4, -0.2) is 39.1 Å². The summed E-state index contributed by atoms with van der Waals surface area (Å²) < 4.78 is 27.0. The van der Waals surface area contributed by atoms with Gasteiger partial charge in [-0.05, 0) is 36.2 Å². The first kappa shape index (κ1) is 16.5. The highest BCUT2D eigenvalue weighted by molar-refractivity contribution is 7.90. The summed E-state index contributed by atoms with van der Waals surface area (Å²) in [4.78, 5) is 4.67. The summed E-state index contributed by atoms with van der Waals surface area (Å²) in [7, 11) is -3.24. The number of aryl methyl sites for hydroxylation is 1. The van der Waals surface area contributed by atoms with Crippen LogP contribution in [0.2, 0.25) is 0 Å². The Labute approximate surface area is 150 Å². The van der Waals surface area contributed by atoms with Crippen LogP contribution in [-0.2, 0) is 16.4 Å². The fraction of sp³-hybridized carbons (Fsp3) is 0.167. The molecule has 0 radical (unpaired) electrons. The molecule has 132 valence electrons. The Morgan fingerprint density at radius 3 is 2.46 bits per heavy atom. The van der Waals surface area contributed by atoms with E-state index in [1.807, 2.05) is 36.3 Å². The van der Waals surface area contributed by atoms with Gasteiger partial charge in [0.15, 0.2) is 15.5 Å². The fourth-order valence-corrected chi connectivity index (χ4v) is 3.59. The second-order valence-corrected chi connectivity index (χ2v) is 8.03. The van der Waals surface area contributed by atoms with Crippen LogP contribution >= 0.6 is 0 Å². The smallest absolute Gasteiger partial charge is 0.175 e. The average molecular weight is 367 g/mol. The first-order valence-corrected chi connectivity index (χ1v) is 10.0. The van der Waals surface area contributed by atoms with E-state index in [2.05, 4.69) is 15.2 Å². The molecule has 0 bridgehead atoms. The summed E-state index contributed by atoms with van der Waals surface area (Å²) in [5.74, 6) is 0. The molecule has 0 aliphatic rings. The number of sulfone groups is 1. The topological polar surface area (TPSA) is 82.2 Å². The third-order valence-electron chi connectivity index (χ3n) is 4.29. The molecule has 7 nitrogen and oxygen atoms in total. The van der Waals surface area contributed by atoms with Crippen molar-refractivity contribution in [3.05, 3.63) is 55.2 Å². The lowest BCUT2D eigenvalue weighted by Crippen LogP contribution is -1.97. The minimum Gasteiger partial charge on any atom is -0.272 e. The Kier molecular flexibility index (Phi) is 3.84. The lowest BCUT2D eigenvalue weighted by molar-refractivity contribution is 0.602. The summed E-state index contributed by atoms with van der Waals surface area (Å²) in [5.41, 5.74) is 4.41. The van der Waals surface area contributed by atoms with Crippen LogP contribution in [0, 0.1) is 0 Å². The van der Waals surface area contributed by atoms with Gasteiger partial charge in [0.1, 0.15) is 6.33 Å². The van der Waals surface area contributed by atoms with Crippen molar-refractivity contribution >= 4 is 15.5 Å². The van der Waals surface area contributed by atoms with E-state index in [4.69, 9.17) is 0 Å². The summed E-state index contributed by atoms with van der Waals surface area (Å²) in [6.07, 6.45) is 8.36. The van der Waals surface area contributed by atoms with E-state index in [1.54, 1.807) is 28.8 Å². The van der Waals surface area contributed by atoms with Gasteiger partial charge in [-0.15, -0.1) is 0 Å². The van der Waals surface area contributed by atoms with Crippen molar-refractivity contribution in [1.82, 2.24) is 24.4 Å². The molecule has 0 aliphatic carbocycles. The maximum absolute atomic E-state index is 11.7. The van der Waals surface area contributed by atoms with Crippen molar-refractivity contribution in [2.24, 2.45) is 0 Å². The third-order valence-corrected chi connectivity index (χ3v) is 5.42. The van der Waals surface area contributed by atoms with Crippen LogP contribution in [0.15, 0.2) is 60.1 Å². The van der Waals surface area contributed by atoms with Crippen molar-refractivity contribution in [3.63, 3.8) is 0 Å². The second-order valence-electron chi connectivity index (χ2n) is 6.01. The van der Waals surface area contributed by atoms with Gasteiger partial charge in [0.25, 0.3) is 0 Å². The van der Waals surface area contributed by atoms with Gasteiger partial charge < -0.3 is 0 Å². The molecular formula is C18H17N5O2S. The summed E-state index contributed by atoms with van der Waals surface area (Å²) in [6.45, 7) is 2.81. The number of benzene rings is 1. The van der Waals surface area contributed by atoms with E-state index in [0.717, 1.165) is 28.8 Å². The van der Waals surface area contributed by atoms with Gasteiger partial charge in [-0.25, -0.2) is 17.9 Å². The third kappa shape index (κ3) is 2.78. The zero-order valence-electron chi connectivity index (χ0n) is 14.4. The summed E-state index contributed by atoms with van der Waals surface area (Å²) >= 11 is 0. The van der Waals surface area contributed by atoms with E-state index >= 15 is 0 Å². The van der Waals surface area contributed by atoms with E-state index in [-0.39, 0.29) is 4.90 Å². The highest BCUT2D eigenvalue weighted by atomic mass is 32.2. The maximum atomic E-state index is 11.7. The first-order valence-electron chi connectivity index (χ1n) is 8.13.